The zero-order valence-electron chi connectivity index (χ0n) is 12.0. The molecule has 0 aliphatic rings. The van der Waals surface area contributed by atoms with Crippen molar-refractivity contribution in [3.8, 4) is 6.07 Å². The third-order valence-corrected chi connectivity index (χ3v) is 2.86. The first-order valence-electron chi connectivity index (χ1n) is 6.63. The number of hydrogen-bond acceptors (Lipinski definition) is 3. The van der Waals surface area contributed by atoms with Crippen LogP contribution in [0.5, 0.6) is 0 Å². The summed E-state index contributed by atoms with van der Waals surface area (Å²) in [5, 5.41) is 14.8. The number of nitriles is 1. The Morgan fingerprint density at radius 1 is 1.40 bits per heavy atom. The Hall–Kier alpha value is -1.93. The van der Waals surface area contributed by atoms with Crippen LogP contribution >= 0.6 is 0 Å². The molecule has 0 bridgehead atoms. The SMILES string of the molecule is CC(C)CNC(=O)C(C)NCc1cc(F)ccc1C#N. The molecular formula is C15H20FN3O. The molecule has 0 aromatic heterocycles. The molecule has 0 spiro atoms. The summed E-state index contributed by atoms with van der Waals surface area (Å²) in [4.78, 5) is 11.8. The third-order valence-electron chi connectivity index (χ3n) is 2.86. The van der Waals surface area contributed by atoms with Gasteiger partial charge in [0.05, 0.1) is 17.7 Å². The number of halogens is 1. The van der Waals surface area contributed by atoms with Crippen molar-refractivity contribution in [2.45, 2.75) is 33.4 Å². The normalized spacial score (nSPS) is 12.0. The molecule has 1 aromatic carbocycles. The quantitative estimate of drug-likeness (QED) is 0.835. The van der Waals surface area contributed by atoms with Crippen LogP contribution < -0.4 is 10.6 Å². The molecule has 0 heterocycles. The molecule has 1 aromatic rings. The maximum Gasteiger partial charge on any atom is 0.236 e. The summed E-state index contributed by atoms with van der Waals surface area (Å²) >= 11 is 0. The zero-order chi connectivity index (χ0) is 15.1. The van der Waals surface area contributed by atoms with Crippen LogP contribution in [0.15, 0.2) is 18.2 Å². The van der Waals surface area contributed by atoms with Gasteiger partial charge in [0, 0.05) is 13.1 Å². The van der Waals surface area contributed by atoms with Crippen LogP contribution in [-0.2, 0) is 11.3 Å². The summed E-state index contributed by atoms with van der Waals surface area (Å²) < 4.78 is 13.2. The lowest BCUT2D eigenvalue weighted by molar-refractivity contribution is -0.122. The van der Waals surface area contributed by atoms with Gasteiger partial charge in [0.1, 0.15) is 5.82 Å². The van der Waals surface area contributed by atoms with Crippen molar-refractivity contribution in [3.63, 3.8) is 0 Å². The van der Waals surface area contributed by atoms with Gasteiger partial charge in [0.25, 0.3) is 0 Å². The lowest BCUT2D eigenvalue weighted by Gasteiger charge is -2.15. The molecule has 1 atom stereocenters. The molecule has 0 fully saturated rings. The van der Waals surface area contributed by atoms with E-state index in [0.717, 1.165) is 0 Å². The first kappa shape index (κ1) is 16.1. The van der Waals surface area contributed by atoms with Crippen LogP contribution in [-0.4, -0.2) is 18.5 Å². The van der Waals surface area contributed by atoms with Gasteiger partial charge in [-0.05, 0) is 36.6 Å². The van der Waals surface area contributed by atoms with Gasteiger partial charge in [-0.1, -0.05) is 13.8 Å². The van der Waals surface area contributed by atoms with Crippen molar-refractivity contribution >= 4 is 5.91 Å². The van der Waals surface area contributed by atoms with E-state index in [2.05, 4.69) is 10.6 Å². The first-order valence-corrected chi connectivity index (χ1v) is 6.63. The Labute approximate surface area is 119 Å². The smallest absolute Gasteiger partial charge is 0.236 e. The summed E-state index contributed by atoms with van der Waals surface area (Å²) in [5.74, 6) is -0.106. The van der Waals surface area contributed by atoms with E-state index in [1.165, 1.54) is 18.2 Å². The lowest BCUT2D eigenvalue weighted by Crippen LogP contribution is -2.43. The van der Waals surface area contributed by atoms with Gasteiger partial charge in [0.2, 0.25) is 5.91 Å². The molecule has 108 valence electrons. The van der Waals surface area contributed by atoms with Crippen LogP contribution in [0, 0.1) is 23.1 Å². The zero-order valence-corrected chi connectivity index (χ0v) is 12.0. The number of amides is 1. The highest BCUT2D eigenvalue weighted by atomic mass is 19.1. The highest BCUT2D eigenvalue weighted by molar-refractivity contribution is 5.81. The van der Waals surface area contributed by atoms with Gasteiger partial charge >= 0.3 is 0 Å². The summed E-state index contributed by atoms with van der Waals surface area (Å²) in [6.45, 7) is 6.67. The molecule has 20 heavy (non-hydrogen) atoms. The van der Waals surface area contributed by atoms with Crippen molar-refractivity contribution in [2.75, 3.05) is 6.54 Å². The Bertz CT molecular complexity index is 508. The second kappa shape index (κ2) is 7.61. The standard InChI is InChI=1S/C15H20FN3O/c1-10(2)8-19-15(20)11(3)18-9-13-6-14(16)5-4-12(13)7-17/h4-6,10-11,18H,8-9H2,1-3H3,(H,19,20). The molecule has 0 saturated carbocycles. The Morgan fingerprint density at radius 2 is 2.10 bits per heavy atom. The molecular weight excluding hydrogens is 257 g/mol. The second-order valence-corrected chi connectivity index (χ2v) is 5.15. The number of hydrogen-bond donors (Lipinski definition) is 2. The van der Waals surface area contributed by atoms with E-state index < -0.39 is 11.9 Å². The van der Waals surface area contributed by atoms with E-state index in [1.54, 1.807) is 6.92 Å². The van der Waals surface area contributed by atoms with Gasteiger partial charge < -0.3 is 10.6 Å². The summed E-state index contributed by atoms with van der Waals surface area (Å²) in [7, 11) is 0. The molecule has 1 unspecified atom stereocenters. The number of nitrogens with one attached hydrogen (secondary N) is 2. The lowest BCUT2D eigenvalue weighted by atomic mass is 10.1. The molecule has 5 heteroatoms. The van der Waals surface area contributed by atoms with E-state index in [0.29, 0.717) is 23.6 Å². The molecule has 1 amide bonds. The highest BCUT2D eigenvalue weighted by Gasteiger charge is 2.13. The van der Waals surface area contributed by atoms with Gasteiger partial charge in [-0.15, -0.1) is 0 Å². The van der Waals surface area contributed by atoms with Crippen molar-refractivity contribution < 1.29 is 9.18 Å². The summed E-state index contributed by atoms with van der Waals surface area (Å²) in [6.07, 6.45) is 0. The maximum atomic E-state index is 13.2. The minimum absolute atomic E-state index is 0.103. The molecule has 0 aliphatic carbocycles. The van der Waals surface area contributed by atoms with Crippen LogP contribution in [0.4, 0.5) is 4.39 Å². The molecule has 4 nitrogen and oxygen atoms in total. The van der Waals surface area contributed by atoms with Crippen molar-refractivity contribution in [2.24, 2.45) is 5.92 Å². The number of benzene rings is 1. The van der Waals surface area contributed by atoms with E-state index >= 15 is 0 Å². The summed E-state index contributed by atoms with van der Waals surface area (Å²) in [6, 6.07) is 5.61. The number of carbonyl (C=O) groups is 1. The monoisotopic (exact) mass is 277 g/mol. The largest absolute Gasteiger partial charge is 0.354 e. The van der Waals surface area contributed by atoms with Crippen LogP contribution in [0.3, 0.4) is 0 Å². The highest BCUT2D eigenvalue weighted by Crippen LogP contribution is 2.10. The molecule has 0 radical (unpaired) electrons. The molecule has 0 saturated heterocycles. The molecule has 1 rings (SSSR count). The Morgan fingerprint density at radius 3 is 2.70 bits per heavy atom. The van der Waals surface area contributed by atoms with Crippen LogP contribution in [0.2, 0.25) is 0 Å². The van der Waals surface area contributed by atoms with Crippen LogP contribution in [0.25, 0.3) is 0 Å². The Balaban J connectivity index is 2.56. The fourth-order valence-electron chi connectivity index (χ4n) is 1.63. The maximum absolute atomic E-state index is 13.2. The van der Waals surface area contributed by atoms with Gasteiger partial charge in [-0.25, -0.2) is 4.39 Å². The van der Waals surface area contributed by atoms with Crippen molar-refractivity contribution in [1.29, 1.82) is 5.26 Å². The average molecular weight is 277 g/mol. The van der Waals surface area contributed by atoms with Crippen LogP contribution in [0.1, 0.15) is 31.9 Å². The van der Waals surface area contributed by atoms with Crippen molar-refractivity contribution in [1.82, 2.24) is 10.6 Å². The van der Waals surface area contributed by atoms with Crippen molar-refractivity contribution in [3.05, 3.63) is 35.1 Å². The fraction of sp³-hybridized carbons (Fsp3) is 0.467. The number of carbonyl (C=O) groups excluding carboxylic acids is 1. The fourth-order valence-corrected chi connectivity index (χ4v) is 1.63. The molecule has 2 N–H and O–H groups in total. The van der Waals surface area contributed by atoms with E-state index in [9.17, 15) is 9.18 Å². The topological polar surface area (TPSA) is 64.9 Å². The summed E-state index contributed by atoms with van der Waals surface area (Å²) in [5.41, 5.74) is 0.963. The first-order chi connectivity index (χ1) is 9.43. The number of rotatable bonds is 6. The predicted octanol–water partition coefficient (Wildman–Crippen LogP) is 1.95. The van der Waals surface area contributed by atoms with E-state index in [1.807, 2.05) is 19.9 Å². The van der Waals surface area contributed by atoms with Gasteiger partial charge in [0.15, 0.2) is 0 Å². The van der Waals surface area contributed by atoms with Gasteiger partial charge in [-0.3, -0.25) is 4.79 Å². The molecule has 0 aliphatic heterocycles. The van der Waals surface area contributed by atoms with E-state index in [4.69, 9.17) is 5.26 Å². The Kier molecular flexibility index (Phi) is 6.13. The minimum Gasteiger partial charge on any atom is -0.354 e. The number of nitrogens with zero attached hydrogens (tertiary/aromatic N) is 1. The minimum atomic E-state index is -0.399. The third kappa shape index (κ3) is 4.98. The average Bonchev–Trinajstić information content (AvgIpc) is 2.42. The van der Waals surface area contributed by atoms with E-state index in [-0.39, 0.29) is 12.5 Å². The van der Waals surface area contributed by atoms with Gasteiger partial charge in [-0.2, -0.15) is 5.26 Å². The predicted molar refractivity (Wildman–Crippen MR) is 75.3 cm³/mol. The second-order valence-electron chi connectivity index (χ2n) is 5.15.